The third kappa shape index (κ3) is 8.78. The first-order chi connectivity index (χ1) is 15.8. The average molecular weight is 582 g/mol. The second kappa shape index (κ2) is 11.8. The van der Waals surface area contributed by atoms with Crippen molar-refractivity contribution in [1.29, 1.82) is 0 Å². The number of aliphatic hydroxyl groups is 7. The molecule has 12 atom stereocenters. The van der Waals surface area contributed by atoms with Crippen LogP contribution in [0.2, 0.25) is 0 Å². The van der Waals surface area contributed by atoms with Crippen LogP contribution in [0.3, 0.4) is 0 Å². The van der Waals surface area contributed by atoms with Crippen LogP contribution in [-0.4, -0.2) is 130 Å². The van der Waals surface area contributed by atoms with E-state index >= 15 is 0 Å². The van der Waals surface area contributed by atoms with Crippen LogP contribution in [-0.2, 0) is 41.1 Å². The van der Waals surface area contributed by atoms with Gasteiger partial charge in [0.15, 0.2) is 12.6 Å². The molecule has 0 saturated carbocycles. The first kappa shape index (κ1) is 31.2. The molecular weight excluding hydrogens is 557 g/mol. The number of rotatable bonds is 10. The minimum atomic E-state index is -5.82. The molecule has 2 fully saturated rings. The van der Waals surface area contributed by atoms with Crippen LogP contribution >= 0.6 is 23.5 Å². The van der Waals surface area contributed by atoms with Gasteiger partial charge in [-0.1, -0.05) is 0 Å². The highest BCUT2D eigenvalue weighted by molar-refractivity contribution is 7.66. The van der Waals surface area contributed by atoms with Gasteiger partial charge in [-0.3, -0.25) is 4.52 Å². The molecule has 2 saturated heterocycles. The lowest BCUT2D eigenvalue weighted by Gasteiger charge is -2.42. The molecule has 11 N–H and O–H groups in total. The maximum absolute atomic E-state index is 11.8. The fourth-order valence-electron chi connectivity index (χ4n) is 2.92. The molecule has 2 aliphatic heterocycles. The Morgan fingerprint density at radius 1 is 0.600 bits per heavy atom. The first-order valence-corrected chi connectivity index (χ1v) is 13.8. The number of ether oxygens (including phenoxy) is 3. The standard InChI is InChI=1S/C12H25O20P3/c13-5-3(29-11(19)9(17)7(5)15)1-27-12-10(18)8(16)6(14)4(30-12)2-28-34(23,24)32-35(25,26)31-33(20,21)22/h3-19H,1-2H2,(H,23,24)(H,25,26)(H2,20,21,22)/t3-,4-,5-,6+,7+,8+,9-,10-,11?,12+/m1/s1. The highest BCUT2D eigenvalue weighted by Crippen LogP contribution is 2.66. The molecule has 0 radical (unpaired) electrons. The van der Waals surface area contributed by atoms with Crippen LogP contribution in [0.1, 0.15) is 0 Å². The second-order valence-electron chi connectivity index (χ2n) is 7.27. The van der Waals surface area contributed by atoms with E-state index in [0.717, 1.165) is 0 Å². The predicted octanol–water partition coefficient (Wildman–Crippen LogP) is -5.05. The Labute approximate surface area is 195 Å². The Balaban J connectivity index is 1.99. The van der Waals surface area contributed by atoms with Crippen molar-refractivity contribution in [1.82, 2.24) is 0 Å². The Bertz CT molecular complexity index is 849. The third-order valence-electron chi connectivity index (χ3n) is 4.60. The van der Waals surface area contributed by atoms with Gasteiger partial charge in [0.25, 0.3) is 0 Å². The minimum absolute atomic E-state index is 0.727. The maximum Gasteiger partial charge on any atom is 0.490 e. The van der Waals surface area contributed by atoms with E-state index < -0.39 is 98.1 Å². The Morgan fingerprint density at radius 2 is 1.11 bits per heavy atom. The van der Waals surface area contributed by atoms with Crippen molar-refractivity contribution < 1.29 is 96.4 Å². The van der Waals surface area contributed by atoms with E-state index in [-0.39, 0.29) is 0 Å². The van der Waals surface area contributed by atoms with Crippen molar-refractivity contribution >= 4 is 23.5 Å². The molecule has 208 valence electrons. The van der Waals surface area contributed by atoms with Gasteiger partial charge in [-0.15, -0.1) is 0 Å². The highest BCUT2D eigenvalue weighted by Gasteiger charge is 2.48. The van der Waals surface area contributed by atoms with Gasteiger partial charge >= 0.3 is 23.5 Å². The molecule has 23 heteroatoms. The number of aliphatic hydroxyl groups excluding tert-OH is 7. The summed E-state index contributed by atoms with van der Waals surface area (Å²) in [7, 11) is -17.0. The van der Waals surface area contributed by atoms with E-state index in [1.165, 1.54) is 0 Å². The summed E-state index contributed by atoms with van der Waals surface area (Å²) in [5, 5.41) is 68.5. The van der Waals surface area contributed by atoms with Crippen LogP contribution in [0, 0.1) is 0 Å². The lowest BCUT2D eigenvalue weighted by atomic mass is 9.98. The van der Waals surface area contributed by atoms with Gasteiger partial charge in [-0.25, -0.2) is 13.7 Å². The molecule has 2 heterocycles. The predicted molar refractivity (Wildman–Crippen MR) is 101 cm³/mol. The van der Waals surface area contributed by atoms with Crippen LogP contribution in [0.5, 0.6) is 0 Å². The number of phosphoric ester groups is 1. The van der Waals surface area contributed by atoms with Gasteiger partial charge in [0, 0.05) is 0 Å². The molecule has 0 amide bonds. The summed E-state index contributed by atoms with van der Waals surface area (Å²) in [5.74, 6) is 0. The van der Waals surface area contributed by atoms with Crippen molar-refractivity contribution in [2.24, 2.45) is 0 Å². The summed E-state index contributed by atoms with van der Waals surface area (Å²) in [5.41, 5.74) is 0. The second-order valence-corrected chi connectivity index (χ2v) is 11.7. The number of phosphoric acid groups is 3. The van der Waals surface area contributed by atoms with Gasteiger partial charge in [0.2, 0.25) is 0 Å². The van der Waals surface area contributed by atoms with E-state index in [9.17, 15) is 54.3 Å². The quantitative estimate of drug-likeness (QED) is 0.107. The van der Waals surface area contributed by atoms with E-state index in [1.807, 2.05) is 0 Å². The van der Waals surface area contributed by atoms with Gasteiger partial charge in [0.1, 0.15) is 48.8 Å². The number of hydrogen-bond donors (Lipinski definition) is 11. The summed E-state index contributed by atoms with van der Waals surface area (Å²) >= 11 is 0. The zero-order valence-corrected chi connectivity index (χ0v) is 19.8. The Hall–Kier alpha value is 0.0100. The zero-order valence-electron chi connectivity index (χ0n) is 17.1. The molecule has 0 spiro atoms. The van der Waals surface area contributed by atoms with Crippen LogP contribution in [0.4, 0.5) is 0 Å². The fourth-order valence-corrected chi connectivity index (χ4v) is 5.95. The molecule has 35 heavy (non-hydrogen) atoms. The van der Waals surface area contributed by atoms with E-state index in [4.69, 9.17) is 28.9 Å². The van der Waals surface area contributed by atoms with Crippen molar-refractivity contribution in [3.8, 4) is 0 Å². The summed E-state index contributed by atoms with van der Waals surface area (Å²) in [4.78, 5) is 35.6. The molecular formula is C12H25O20P3. The summed E-state index contributed by atoms with van der Waals surface area (Å²) in [6, 6.07) is 0. The highest BCUT2D eigenvalue weighted by atomic mass is 31.3. The zero-order chi connectivity index (χ0) is 26.9. The largest absolute Gasteiger partial charge is 0.490 e. The van der Waals surface area contributed by atoms with E-state index in [1.54, 1.807) is 0 Å². The SMILES string of the molecule is O=P(O)(O)OP(=O)(O)OP(=O)(O)OC[C@H]1O[C@H](OC[C@H]2OC(O)[C@H](O)[C@@H](O)[C@@H]2O)[C@H](O)[C@@H](O)[C@H]1O. The van der Waals surface area contributed by atoms with Crippen molar-refractivity contribution in [3.63, 3.8) is 0 Å². The van der Waals surface area contributed by atoms with Crippen LogP contribution < -0.4 is 0 Å². The Morgan fingerprint density at radius 3 is 1.66 bits per heavy atom. The third-order valence-corrected chi connectivity index (χ3v) is 8.40. The van der Waals surface area contributed by atoms with E-state index in [0.29, 0.717) is 0 Å². The van der Waals surface area contributed by atoms with Crippen LogP contribution in [0.25, 0.3) is 0 Å². The molecule has 0 aromatic rings. The first-order valence-electron chi connectivity index (χ1n) is 9.31. The topological polar surface area (TPSA) is 329 Å². The van der Waals surface area contributed by atoms with Gasteiger partial charge in [0.05, 0.1) is 13.2 Å². The lowest BCUT2D eigenvalue weighted by Crippen LogP contribution is -2.61. The molecule has 0 aromatic carbocycles. The van der Waals surface area contributed by atoms with Gasteiger partial charge in [-0.2, -0.15) is 8.62 Å². The summed E-state index contributed by atoms with van der Waals surface area (Å²) in [6.45, 7) is -1.92. The smallest absolute Gasteiger partial charge is 0.387 e. The van der Waals surface area contributed by atoms with Crippen molar-refractivity contribution in [2.45, 2.75) is 61.4 Å². The maximum atomic E-state index is 11.8. The molecule has 2 aliphatic rings. The Kier molecular flexibility index (Phi) is 10.5. The van der Waals surface area contributed by atoms with Crippen molar-refractivity contribution in [3.05, 3.63) is 0 Å². The van der Waals surface area contributed by atoms with Crippen LogP contribution in [0.15, 0.2) is 0 Å². The average Bonchev–Trinajstić information content (AvgIpc) is 2.69. The monoisotopic (exact) mass is 582 g/mol. The molecule has 20 nitrogen and oxygen atoms in total. The van der Waals surface area contributed by atoms with Gasteiger partial charge in [-0.05, 0) is 0 Å². The summed E-state index contributed by atoms with van der Waals surface area (Å²) in [6.07, 6.45) is -18.5. The molecule has 3 unspecified atom stereocenters. The molecule has 0 aliphatic carbocycles. The fraction of sp³-hybridized carbons (Fsp3) is 1.00. The number of hydrogen-bond acceptors (Lipinski definition) is 16. The van der Waals surface area contributed by atoms with Crippen molar-refractivity contribution in [2.75, 3.05) is 13.2 Å². The minimum Gasteiger partial charge on any atom is -0.387 e. The van der Waals surface area contributed by atoms with E-state index in [2.05, 4.69) is 13.1 Å². The summed E-state index contributed by atoms with van der Waals surface area (Å²) < 4.78 is 60.1. The molecule has 0 aromatic heterocycles. The lowest BCUT2D eigenvalue weighted by molar-refractivity contribution is -0.325. The normalized spacial score (nSPS) is 42.3. The van der Waals surface area contributed by atoms with Gasteiger partial charge < -0.3 is 69.5 Å². The molecule has 0 bridgehead atoms. The molecule has 2 rings (SSSR count).